The standard InChI is InChI=1S/C12H10BrNO/c1-8(15)11-6-7-12(14-11)9-4-2-3-5-10(9)13/h2-7,14H,1H3. The number of hydrogen-bond donors (Lipinski definition) is 1. The van der Waals surface area contributed by atoms with Crippen LogP contribution in [0.2, 0.25) is 0 Å². The zero-order valence-corrected chi connectivity index (χ0v) is 9.84. The number of benzene rings is 1. The van der Waals surface area contributed by atoms with E-state index < -0.39 is 0 Å². The second-order valence-electron chi connectivity index (χ2n) is 3.32. The fourth-order valence-electron chi connectivity index (χ4n) is 1.44. The minimum absolute atomic E-state index is 0.0494. The third-order valence-corrected chi connectivity index (χ3v) is 2.92. The van der Waals surface area contributed by atoms with Crippen LogP contribution in [0.4, 0.5) is 0 Å². The summed E-state index contributed by atoms with van der Waals surface area (Å²) in [5, 5.41) is 0. The van der Waals surface area contributed by atoms with Crippen LogP contribution in [-0.4, -0.2) is 10.8 Å². The van der Waals surface area contributed by atoms with Crippen molar-refractivity contribution in [2.24, 2.45) is 0 Å². The second kappa shape index (κ2) is 4.03. The monoisotopic (exact) mass is 263 g/mol. The quantitative estimate of drug-likeness (QED) is 0.825. The molecule has 1 aromatic carbocycles. The number of Topliss-reactive ketones (excluding diaryl/α,β-unsaturated/α-hetero) is 1. The normalized spacial score (nSPS) is 10.3. The van der Waals surface area contributed by atoms with Crippen molar-refractivity contribution in [1.29, 1.82) is 0 Å². The highest BCUT2D eigenvalue weighted by Crippen LogP contribution is 2.27. The van der Waals surface area contributed by atoms with E-state index in [4.69, 9.17) is 0 Å². The maximum atomic E-state index is 11.1. The van der Waals surface area contributed by atoms with Gasteiger partial charge in [0.1, 0.15) is 0 Å². The van der Waals surface area contributed by atoms with Crippen LogP contribution in [0.3, 0.4) is 0 Å². The van der Waals surface area contributed by atoms with Gasteiger partial charge in [-0.15, -0.1) is 0 Å². The Morgan fingerprint density at radius 2 is 1.93 bits per heavy atom. The van der Waals surface area contributed by atoms with Crippen LogP contribution in [-0.2, 0) is 0 Å². The van der Waals surface area contributed by atoms with Crippen LogP contribution in [0.25, 0.3) is 11.3 Å². The zero-order chi connectivity index (χ0) is 10.8. The van der Waals surface area contributed by atoms with Gasteiger partial charge in [-0.3, -0.25) is 4.79 Å². The molecule has 0 saturated heterocycles. The summed E-state index contributed by atoms with van der Waals surface area (Å²) < 4.78 is 1.02. The molecule has 1 N–H and O–H groups in total. The van der Waals surface area contributed by atoms with Crippen LogP contribution in [0.5, 0.6) is 0 Å². The third kappa shape index (κ3) is 2.02. The molecular formula is C12H10BrNO. The van der Waals surface area contributed by atoms with Gasteiger partial charge in [0, 0.05) is 22.7 Å². The van der Waals surface area contributed by atoms with E-state index >= 15 is 0 Å². The van der Waals surface area contributed by atoms with E-state index in [1.54, 1.807) is 13.0 Å². The lowest BCUT2D eigenvalue weighted by molar-refractivity contribution is 0.101. The van der Waals surface area contributed by atoms with Crippen molar-refractivity contribution in [2.75, 3.05) is 0 Å². The van der Waals surface area contributed by atoms with Gasteiger partial charge >= 0.3 is 0 Å². The van der Waals surface area contributed by atoms with Gasteiger partial charge in [0.2, 0.25) is 0 Å². The molecule has 0 saturated carbocycles. The first-order chi connectivity index (χ1) is 7.18. The Kier molecular flexibility index (Phi) is 2.73. The largest absolute Gasteiger partial charge is 0.352 e. The number of aromatic nitrogens is 1. The first-order valence-corrected chi connectivity index (χ1v) is 5.42. The number of hydrogen-bond acceptors (Lipinski definition) is 1. The van der Waals surface area contributed by atoms with Crippen molar-refractivity contribution in [3.05, 3.63) is 46.6 Å². The summed E-state index contributed by atoms with van der Waals surface area (Å²) in [5.74, 6) is 0.0494. The molecule has 0 bridgehead atoms. The third-order valence-electron chi connectivity index (χ3n) is 2.23. The molecule has 76 valence electrons. The van der Waals surface area contributed by atoms with Gasteiger partial charge < -0.3 is 4.98 Å². The van der Waals surface area contributed by atoms with Gasteiger partial charge in [-0.2, -0.15) is 0 Å². The SMILES string of the molecule is CC(=O)c1ccc(-c2ccccc2Br)[nH]1. The molecule has 15 heavy (non-hydrogen) atoms. The highest BCUT2D eigenvalue weighted by Gasteiger charge is 2.06. The van der Waals surface area contributed by atoms with E-state index in [2.05, 4.69) is 20.9 Å². The van der Waals surface area contributed by atoms with Gasteiger partial charge in [-0.1, -0.05) is 34.1 Å². The minimum atomic E-state index is 0.0494. The summed E-state index contributed by atoms with van der Waals surface area (Å²) >= 11 is 3.47. The number of aromatic amines is 1. The van der Waals surface area contributed by atoms with Crippen molar-refractivity contribution in [1.82, 2.24) is 4.98 Å². The Labute approximate surface area is 96.5 Å². The van der Waals surface area contributed by atoms with E-state index in [0.717, 1.165) is 15.7 Å². The Hall–Kier alpha value is -1.35. The van der Waals surface area contributed by atoms with Crippen LogP contribution in [0, 0.1) is 0 Å². The first-order valence-electron chi connectivity index (χ1n) is 4.63. The van der Waals surface area contributed by atoms with E-state index in [1.165, 1.54) is 0 Å². The molecule has 0 radical (unpaired) electrons. The average Bonchev–Trinajstić information content (AvgIpc) is 2.67. The lowest BCUT2D eigenvalue weighted by atomic mass is 10.2. The predicted molar refractivity (Wildman–Crippen MR) is 63.9 cm³/mol. The fraction of sp³-hybridized carbons (Fsp3) is 0.0833. The molecular weight excluding hydrogens is 254 g/mol. The first kappa shape index (κ1) is 10.2. The maximum Gasteiger partial charge on any atom is 0.175 e. The fourth-order valence-corrected chi connectivity index (χ4v) is 1.94. The predicted octanol–water partition coefficient (Wildman–Crippen LogP) is 3.65. The summed E-state index contributed by atoms with van der Waals surface area (Å²) in [5.41, 5.74) is 2.65. The Morgan fingerprint density at radius 3 is 2.53 bits per heavy atom. The number of carbonyl (C=O) groups excluding carboxylic acids is 1. The lowest BCUT2D eigenvalue weighted by Gasteiger charge is -2.00. The van der Waals surface area contributed by atoms with Crippen LogP contribution in [0.1, 0.15) is 17.4 Å². The lowest BCUT2D eigenvalue weighted by Crippen LogP contribution is -1.91. The van der Waals surface area contributed by atoms with Crippen molar-refractivity contribution < 1.29 is 4.79 Å². The summed E-state index contributed by atoms with van der Waals surface area (Å²) in [6, 6.07) is 11.6. The van der Waals surface area contributed by atoms with Crippen LogP contribution in [0.15, 0.2) is 40.9 Å². The number of carbonyl (C=O) groups is 1. The van der Waals surface area contributed by atoms with E-state index in [-0.39, 0.29) is 5.78 Å². The van der Waals surface area contributed by atoms with Crippen LogP contribution < -0.4 is 0 Å². The van der Waals surface area contributed by atoms with E-state index in [0.29, 0.717) is 5.69 Å². The Morgan fingerprint density at radius 1 is 1.20 bits per heavy atom. The van der Waals surface area contributed by atoms with Gasteiger partial charge in [0.15, 0.2) is 5.78 Å². The highest BCUT2D eigenvalue weighted by atomic mass is 79.9. The van der Waals surface area contributed by atoms with Crippen molar-refractivity contribution in [3.63, 3.8) is 0 Å². The summed E-state index contributed by atoms with van der Waals surface area (Å²) in [6.07, 6.45) is 0. The number of ketones is 1. The number of halogens is 1. The molecule has 0 spiro atoms. The maximum absolute atomic E-state index is 11.1. The molecule has 0 aliphatic carbocycles. The number of H-pyrrole nitrogens is 1. The van der Waals surface area contributed by atoms with E-state index in [9.17, 15) is 4.79 Å². The molecule has 3 heteroatoms. The van der Waals surface area contributed by atoms with Gasteiger partial charge in [0.05, 0.1) is 5.69 Å². The van der Waals surface area contributed by atoms with Crippen molar-refractivity contribution in [3.8, 4) is 11.3 Å². The summed E-state index contributed by atoms with van der Waals surface area (Å²) in [4.78, 5) is 14.2. The van der Waals surface area contributed by atoms with Crippen molar-refractivity contribution >= 4 is 21.7 Å². The molecule has 2 aromatic rings. The molecule has 1 heterocycles. The molecule has 0 aliphatic rings. The molecule has 2 nitrogen and oxygen atoms in total. The second-order valence-corrected chi connectivity index (χ2v) is 4.18. The molecule has 0 fully saturated rings. The summed E-state index contributed by atoms with van der Waals surface area (Å²) in [7, 11) is 0. The van der Waals surface area contributed by atoms with Crippen molar-refractivity contribution in [2.45, 2.75) is 6.92 Å². The Bertz CT molecular complexity index is 502. The highest BCUT2D eigenvalue weighted by molar-refractivity contribution is 9.10. The minimum Gasteiger partial charge on any atom is -0.352 e. The van der Waals surface area contributed by atoms with E-state index in [1.807, 2.05) is 30.3 Å². The topological polar surface area (TPSA) is 32.9 Å². The average molecular weight is 264 g/mol. The molecule has 0 unspecified atom stereocenters. The summed E-state index contributed by atoms with van der Waals surface area (Å²) in [6.45, 7) is 1.55. The van der Waals surface area contributed by atoms with Gasteiger partial charge in [-0.05, 0) is 18.2 Å². The Balaban J connectivity index is 2.46. The molecule has 0 atom stereocenters. The van der Waals surface area contributed by atoms with Gasteiger partial charge in [0.25, 0.3) is 0 Å². The molecule has 0 aliphatic heterocycles. The molecule has 2 rings (SSSR count). The molecule has 0 amide bonds. The smallest absolute Gasteiger partial charge is 0.175 e. The van der Waals surface area contributed by atoms with Crippen LogP contribution >= 0.6 is 15.9 Å². The van der Waals surface area contributed by atoms with Gasteiger partial charge in [-0.25, -0.2) is 0 Å². The number of rotatable bonds is 2. The zero-order valence-electron chi connectivity index (χ0n) is 8.25. The number of nitrogens with one attached hydrogen (secondary N) is 1. The molecule has 1 aromatic heterocycles.